The zero-order chi connectivity index (χ0) is 14.7. The molecule has 1 atom stereocenters. The average Bonchev–Trinajstić information content (AvgIpc) is 2.91. The van der Waals surface area contributed by atoms with Gasteiger partial charge in [0.1, 0.15) is 6.33 Å². The Balaban J connectivity index is 1.85. The molecule has 0 aliphatic carbocycles. The maximum absolute atomic E-state index is 6.06. The molecule has 1 aliphatic rings. The van der Waals surface area contributed by atoms with E-state index in [0.717, 1.165) is 19.0 Å². The van der Waals surface area contributed by atoms with E-state index in [9.17, 15) is 0 Å². The lowest BCUT2D eigenvalue weighted by molar-refractivity contribution is 0.459. The summed E-state index contributed by atoms with van der Waals surface area (Å²) < 4.78 is 1.74. The molecule has 112 valence electrons. The van der Waals surface area contributed by atoms with E-state index in [0.29, 0.717) is 11.9 Å². The van der Waals surface area contributed by atoms with Gasteiger partial charge in [-0.05, 0) is 36.8 Å². The number of hydrogen-bond donors (Lipinski definition) is 0. The van der Waals surface area contributed by atoms with Crippen LogP contribution < -0.4 is 4.90 Å². The predicted octanol–water partition coefficient (Wildman–Crippen LogP) is 2.73. The summed E-state index contributed by atoms with van der Waals surface area (Å²) in [6, 6.07) is 0. The molecule has 1 aliphatic heterocycles. The normalized spacial score (nSPS) is 19.5. The van der Waals surface area contributed by atoms with Gasteiger partial charge in [0.15, 0.2) is 0 Å². The summed E-state index contributed by atoms with van der Waals surface area (Å²) in [6.45, 7) is 4.21. The number of imidazole rings is 1. The molecule has 2 aromatic rings. The number of anilines is 1. The fourth-order valence-electron chi connectivity index (χ4n) is 2.74. The molecule has 1 saturated heterocycles. The van der Waals surface area contributed by atoms with Crippen molar-refractivity contribution in [3.63, 3.8) is 0 Å². The fourth-order valence-corrected chi connectivity index (χ4v) is 2.89. The largest absolute Gasteiger partial charge is 0.341 e. The van der Waals surface area contributed by atoms with Crippen molar-refractivity contribution in [2.24, 2.45) is 5.92 Å². The number of hydrogen-bond acceptors (Lipinski definition) is 5. The maximum Gasteiger partial charge on any atom is 0.241 e. The van der Waals surface area contributed by atoms with E-state index in [1.54, 1.807) is 23.3 Å². The van der Waals surface area contributed by atoms with Crippen molar-refractivity contribution in [3.8, 4) is 5.95 Å². The highest BCUT2D eigenvalue weighted by Crippen LogP contribution is 2.23. The zero-order valence-electron chi connectivity index (χ0n) is 12.1. The summed E-state index contributed by atoms with van der Waals surface area (Å²) in [6.07, 6.45) is 10.0. The first-order chi connectivity index (χ1) is 10.3. The van der Waals surface area contributed by atoms with Crippen molar-refractivity contribution in [1.82, 2.24) is 24.5 Å². The predicted molar refractivity (Wildman–Crippen MR) is 81.8 cm³/mol. The van der Waals surface area contributed by atoms with Crippen LogP contribution in [0, 0.1) is 5.92 Å². The van der Waals surface area contributed by atoms with E-state index in [4.69, 9.17) is 11.6 Å². The van der Waals surface area contributed by atoms with Crippen LogP contribution in [0.25, 0.3) is 5.95 Å². The second kappa shape index (κ2) is 6.39. The molecule has 0 radical (unpaired) electrons. The van der Waals surface area contributed by atoms with Crippen LogP contribution >= 0.6 is 11.6 Å². The monoisotopic (exact) mass is 306 g/mol. The Morgan fingerprint density at radius 2 is 2.05 bits per heavy atom. The molecule has 0 N–H and O–H groups in total. The van der Waals surface area contributed by atoms with Gasteiger partial charge in [0.2, 0.25) is 17.2 Å². The molecule has 0 saturated carbocycles. The lowest BCUT2D eigenvalue weighted by Gasteiger charge is -2.20. The molecule has 1 fully saturated rings. The van der Waals surface area contributed by atoms with Gasteiger partial charge in [0, 0.05) is 25.5 Å². The van der Waals surface area contributed by atoms with Gasteiger partial charge in [0.05, 0.1) is 0 Å². The second-order valence-electron chi connectivity index (χ2n) is 5.37. The highest BCUT2D eigenvalue weighted by atomic mass is 35.5. The molecule has 3 rings (SSSR count). The van der Waals surface area contributed by atoms with Gasteiger partial charge >= 0.3 is 0 Å². The van der Waals surface area contributed by atoms with Crippen LogP contribution in [0.4, 0.5) is 5.95 Å². The van der Waals surface area contributed by atoms with E-state index < -0.39 is 0 Å². The highest BCUT2D eigenvalue weighted by Gasteiger charge is 2.19. The summed E-state index contributed by atoms with van der Waals surface area (Å²) >= 11 is 6.06. The maximum atomic E-state index is 6.06. The van der Waals surface area contributed by atoms with E-state index in [1.807, 2.05) is 0 Å². The minimum absolute atomic E-state index is 0.222. The Labute approximate surface area is 129 Å². The summed E-state index contributed by atoms with van der Waals surface area (Å²) in [5.41, 5.74) is 0. The van der Waals surface area contributed by atoms with Crippen molar-refractivity contribution < 1.29 is 0 Å². The quantitative estimate of drug-likeness (QED) is 0.872. The van der Waals surface area contributed by atoms with Gasteiger partial charge < -0.3 is 4.90 Å². The number of aromatic nitrogens is 5. The minimum Gasteiger partial charge on any atom is -0.341 e. The number of rotatable bonds is 3. The van der Waals surface area contributed by atoms with Crippen LogP contribution in [0.15, 0.2) is 18.7 Å². The number of nitrogens with zero attached hydrogens (tertiary/aromatic N) is 6. The van der Waals surface area contributed by atoms with Crippen molar-refractivity contribution >= 4 is 17.5 Å². The van der Waals surface area contributed by atoms with E-state index in [1.165, 1.54) is 25.7 Å². The van der Waals surface area contributed by atoms with E-state index in [-0.39, 0.29) is 5.28 Å². The zero-order valence-corrected chi connectivity index (χ0v) is 12.9. The lowest BCUT2D eigenvalue weighted by Crippen LogP contribution is -2.27. The number of halogens is 1. The summed E-state index contributed by atoms with van der Waals surface area (Å²) in [4.78, 5) is 19.2. The van der Waals surface area contributed by atoms with Crippen LogP contribution in [0.2, 0.25) is 5.28 Å². The molecule has 2 aromatic heterocycles. The van der Waals surface area contributed by atoms with Gasteiger partial charge in [-0.15, -0.1) is 0 Å². The first-order valence-electron chi connectivity index (χ1n) is 7.41. The van der Waals surface area contributed by atoms with Gasteiger partial charge in [-0.1, -0.05) is 13.3 Å². The highest BCUT2D eigenvalue weighted by molar-refractivity contribution is 6.28. The van der Waals surface area contributed by atoms with Crippen LogP contribution in [0.3, 0.4) is 0 Å². The third-order valence-electron chi connectivity index (χ3n) is 4.03. The van der Waals surface area contributed by atoms with Gasteiger partial charge in [-0.25, -0.2) is 4.98 Å². The van der Waals surface area contributed by atoms with Crippen molar-refractivity contribution in [1.29, 1.82) is 0 Å². The van der Waals surface area contributed by atoms with Gasteiger partial charge in [-0.2, -0.15) is 15.0 Å². The molecule has 1 unspecified atom stereocenters. The summed E-state index contributed by atoms with van der Waals surface area (Å²) in [7, 11) is 0. The molecule has 0 aromatic carbocycles. The van der Waals surface area contributed by atoms with Crippen LogP contribution in [0.5, 0.6) is 0 Å². The summed E-state index contributed by atoms with van der Waals surface area (Å²) in [5, 5.41) is 0.222. The van der Waals surface area contributed by atoms with Crippen LogP contribution in [0.1, 0.15) is 32.6 Å². The average molecular weight is 307 g/mol. The molecule has 3 heterocycles. The first-order valence-corrected chi connectivity index (χ1v) is 7.79. The standard InChI is InChI=1S/C14H19ClN6/c1-2-11-4-3-7-20(8-5-11)13-17-12(15)18-14(19-13)21-9-6-16-10-21/h6,9-11H,2-5,7-8H2,1H3. The fraction of sp³-hybridized carbons (Fsp3) is 0.571. The molecule has 21 heavy (non-hydrogen) atoms. The molecule has 0 bridgehead atoms. The Kier molecular flexibility index (Phi) is 4.34. The second-order valence-corrected chi connectivity index (χ2v) is 5.70. The summed E-state index contributed by atoms with van der Waals surface area (Å²) in [5.74, 6) is 1.98. The third-order valence-corrected chi connectivity index (χ3v) is 4.20. The molecule has 6 nitrogen and oxygen atoms in total. The van der Waals surface area contributed by atoms with E-state index in [2.05, 4.69) is 31.8 Å². The Hall–Kier alpha value is -1.69. The molecule has 0 spiro atoms. The SMILES string of the molecule is CCC1CCCN(c2nc(Cl)nc(-n3ccnc3)n2)CC1. The first kappa shape index (κ1) is 14.3. The molecular formula is C14H19ClN6. The molecule has 7 heteroatoms. The van der Waals surface area contributed by atoms with Crippen molar-refractivity contribution in [2.45, 2.75) is 32.6 Å². The molecule has 0 amide bonds. The molecular weight excluding hydrogens is 288 g/mol. The minimum atomic E-state index is 0.222. The van der Waals surface area contributed by atoms with Gasteiger partial charge in [0.25, 0.3) is 0 Å². The van der Waals surface area contributed by atoms with Crippen molar-refractivity contribution in [3.05, 3.63) is 24.0 Å². The van der Waals surface area contributed by atoms with E-state index >= 15 is 0 Å². The smallest absolute Gasteiger partial charge is 0.241 e. The topological polar surface area (TPSA) is 59.7 Å². The lowest BCUT2D eigenvalue weighted by atomic mass is 9.98. The Morgan fingerprint density at radius 1 is 1.19 bits per heavy atom. The third kappa shape index (κ3) is 3.32. The Morgan fingerprint density at radius 3 is 2.81 bits per heavy atom. The Bertz CT molecular complexity index is 585. The van der Waals surface area contributed by atoms with Gasteiger partial charge in [-0.3, -0.25) is 4.57 Å². The van der Waals surface area contributed by atoms with Crippen LogP contribution in [-0.2, 0) is 0 Å². The van der Waals surface area contributed by atoms with Crippen LogP contribution in [-0.4, -0.2) is 37.6 Å². The van der Waals surface area contributed by atoms with Crippen molar-refractivity contribution in [2.75, 3.05) is 18.0 Å².